The number of hydrogen-bond acceptors (Lipinski definition) is 5. The van der Waals surface area contributed by atoms with Gasteiger partial charge in [0.25, 0.3) is 0 Å². The zero-order valence-corrected chi connectivity index (χ0v) is 21.1. The van der Waals surface area contributed by atoms with Gasteiger partial charge in [-0.1, -0.05) is 36.3 Å². The van der Waals surface area contributed by atoms with E-state index in [9.17, 15) is 13.2 Å². The molecular formula is C27H29F2N3O4S. The minimum absolute atomic E-state index is 0.0280. The first kappa shape index (κ1) is 25.8. The summed E-state index contributed by atoms with van der Waals surface area (Å²) in [5, 5.41) is 5.30. The molecule has 0 bridgehead atoms. The number of benzene rings is 2. The summed E-state index contributed by atoms with van der Waals surface area (Å²) in [7, 11) is -3.93. The monoisotopic (exact) mass is 529 g/mol. The lowest BCUT2D eigenvalue weighted by atomic mass is 9.86. The van der Waals surface area contributed by atoms with Gasteiger partial charge in [0.05, 0.1) is 24.8 Å². The normalized spacial score (nSPS) is 26.7. The third-order valence-corrected chi connectivity index (χ3v) is 9.81. The summed E-state index contributed by atoms with van der Waals surface area (Å²) in [6.07, 6.45) is 7.53. The SMILES string of the molecule is C#C[C@H]1CC[C@H](c2ccccc2)S(=O)(=O)N1Cc1cc(F)c(C2(NCC3CCC(=O)N3)COC2)cc1F. The first-order chi connectivity index (χ1) is 17.7. The van der Waals surface area contributed by atoms with Crippen LogP contribution in [0, 0.1) is 24.0 Å². The molecule has 0 saturated carbocycles. The van der Waals surface area contributed by atoms with Crippen LogP contribution in [0.15, 0.2) is 42.5 Å². The van der Waals surface area contributed by atoms with Gasteiger partial charge in [0.2, 0.25) is 15.9 Å². The zero-order valence-electron chi connectivity index (χ0n) is 20.3. The molecule has 1 amide bonds. The Hall–Kier alpha value is -2.84. The molecule has 3 aliphatic rings. The smallest absolute Gasteiger partial charge is 0.222 e. The number of sulfonamides is 1. The van der Waals surface area contributed by atoms with Crippen LogP contribution in [-0.2, 0) is 31.6 Å². The Labute approximate surface area is 215 Å². The Morgan fingerprint density at radius 3 is 2.51 bits per heavy atom. The van der Waals surface area contributed by atoms with Gasteiger partial charge in [0, 0.05) is 36.7 Å². The Balaban J connectivity index is 1.39. The number of hydrogen-bond donors (Lipinski definition) is 2. The lowest BCUT2D eigenvalue weighted by molar-refractivity contribution is -0.119. The largest absolute Gasteiger partial charge is 0.377 e. The van der Waals surface area contributed by atoms with Crippen molar-refractivity contribution in [2.75, 3.05) is 19.8 Å². The first-order valence-corrected chi connectivity index (χ1v) is 13.9. The molecule has 10 heteroatoms. The predicted octanol–water partition coefficient (Wildman–Crippen LogP) is 2.73. The maximum Gasteiger partial charge on any atom is 0.222 e. The van der Waals surface area contributed by atoms with E-state index in [2.05, 4.69) is 16.6 Å². The fourth-order valence-electron chi connectivity index (χ4n) is 5.37. The molecule has 196 valence electrons. The highest BCUT2D eigenvalue weighted by Crippen LogP contribution is 2.39. The van der Waals surface area contributed by atoms with Crippen LogP contribution in [0.2, 0.25) is 0 Å². The third kappa shape index (κ3) is 4.89. The number of carbonyl (C=O) groups excluding carboxylic acids is 1. The minimum atomic E-state index is -3.93. The molecule has 3 fully saturated rings. The highest BCUT2D eigenvalue weighted by molar-refractivity contribution is 7.89. The second kappa shape index (κ2) is 10.1. The zero-order chi connectivity index (χ0) is 26.2. The van der Waals surface area contributed by atoms with Crippen LogP contribution in [0.4, 0.5) is 8.78 Å². The summed E-state index contributed by atoms with van der Waals surface area (Å²) in [5.41, 5.74) is -0.256. The molecule has 3 heterocycles. The molecule has 0 spiro atoms. The Bertz CT molecular complexity index is 1330. The van der Waals surface area contributed by atoms with Gasteiger partial charge in [-0.05, 0) is 37.0 Å². The van der Waals surface area contributed by atoms with E-state index in [1.807, 2.05) is 0 Å². The van der Waals surface area contributed by atoms with E-state index in [0.717, 1.165) is 16.4 Å². The van der Waals surface area contributed by atoms with Gasteiger partial charge in [-0.15, -0.1) is 6.42 Å². The minimum Gasteiger partial charge on any atom is -0.377 e. The van der Waals surface area contributed by atoms with Gasteiger partial charge in [-0.25, -0.2) is 17.2 Å². The predicted molar refractivity (Wildman–Crippen MR) is 134 cm³/mol. The van der Waals surface area contributed by atoms with Crippen molar-refractivity contribution in [1.29, 1.82) is 0 Å². The number of amides is 1. The van der Waals surface area contributed by atoms with E-state index in [1.54, 1.807) is 30.3 Å². The molecule has 0 aromatic heterocycles. The molecule has 5 rings (SSSR count). The van der Waals surface area contributed by atoms with Crippen molar-refractivity contribution in [3.05, 3.63) is 70.8 Å². The molecule has 3 atom stereocenters. The van der Waals surface area contributed by atoms with Crippen LogP contribution in [-0.4, -0.2) is 50.5 Å². The molecule has 1 unspecified atom stereocenters. The molecule has 2 aromatic carbocycles. The van der Waals surface area contributed by atoms with Crippen LogP contribution >= 0.6 is 0 Å². The van der Waals surface area contributed by atoms with E-state index >= 15 is 8.78 Å². The van der Waals surface area contributed by atoms with Gasteiger partial charge in [-0.3, -0.25) is 4.79 Å². The maximum atomic E-state index is 15.4. The number of ether oxygens (including phenoxy) is 1. The second-order valence-electron chi connectivity index (χ2n) is 9.93. The lowest BCUT2D eigenvalue weighted by Gasteiger charge is -2.43. The number of carbonyl (C=O) groups is 1. The van der Waals surface area contributed by atoms with Gasteiger partial charge < -0.3 is 15.4 Å². The molecule has 2 N–H and O–H groups in total. The molecule has 3 saturated heterocycles. The van der Waals surface area contributed by atoms with Gasteiger partial charge in [-0.2, -0.15) is 4.31 Å². The number of terminal acetylenes is 1. The first-order valence-electron chi connectivity index (χ1n) is 12.4. The summed E-state index contributed by atoms with van der Waals surface area (Å²) in [4.78, 5) is 11.5. The van der Waals surface area contributed by atoms with Crippen LogP contribution in [0.5, 0.6) is 0 Å². The summed E-state index contributed by atoms with van der Waals surface area (Å²) >= 11 is 0. The summed E-state index contributed by atoms with van der Waals surface area (Å²) < 4.78 is 64.4. The number of nitrogens with one attached hydrogen (secondary N) is 2. The van der Waals surface area contributed by atoms with Crippen LogP contribution < -0.4 is 10.6 Å². The van der Waals surface area contributed by atoms with Crippen molar-refractivity contribution in [1.82, 2.24) is 14.9 Å². The third-order valence-electron chi connectivity index (χ3n) is 7.55. The molecule has 0 aliphatic carbocycles. The average Bonchev–Trinajstić information content (AvgIpc) is 3.27. The van der Waals surface area contributed by atoms with Gasteiger partial charge in [0.1, 0.15) is 16.9 Å². The van der Waals surface area contributed by atoms with Crippen molar-refractivity contribution in [3.8, 4) is 12.3 Å². The standard InChI is InChI=1S/C27H29F2N3O4S/c1-2-21-9-10-25(18-6-4-3-5-7-18)37(34,35)32(21)15-19-12-24(29)22(13-23(19)28)27(16-36-17-27)30-14-20-8-11-26(33)31-20/h1,3-7,12-13,20-21,25,30H,8-11,14-17H2,(H,31,33)/t20?,21-,25+/m0/s1. The van der Waals surface area contributed by atoms with E-state index < -0.39 is 38.5 Å². The quantitative estimate of drug-likeness (QED) is 0.539. The van der Waals surface area contributed by atoms with Crippen LogP contribution in [0.3, 0.4) is 0 Å². The van der Waals surface area contributed by atoms with Crippen LogP contribution in [0.25, 0.3) is 0 Å². The topological polar surface area (TPSA) is 87.7 Å². The molecular weight excluding hydrogens is 500 g/mol. The van der Waals surface area contributed by atoms with E-state index in [1.165, 1.54) is 0 Å². The van der Waals surface area contributed by atoms with Gasteiger partial charge in [0.15, 0.2) is 0 Å². The summed E-state index contributed by atoms with van der Waals surface area (Å²) in [6.45, 7) is 0.340. The van der Waals surface area contributed by atoms with Crippen molar-refractivity contribution in [2.24, 2.45) is 0 Å². The molecule has 2 aromatic rings. The summed E-state index contributed by atoms with van der Waals surface area (Å²) in [6, 6.07) is 10.2. The molecule has 7 nitrogen and oxygen atoms in total. The summed E-state index contributed by atoms with van der Waals surface area (Å²) in [5.74, 6) is 1.11. The Morgan fingerprint density at radius 2 is 1.89 bits per heavy atom. The van der Waals surface area contributed by atoms with Gasteiger partial charge >= 0.3 is 0 Å². The van der Waals surface area contributed by atoms with Crippen molar-refractivity contribution >= 4 is 15.9 Å². The van der Waals surface area contributed by atoms with Crippen molar-refractivity contribution < 1.29 is 26.7 Å². The Morgan fingerprint density at radius 1 is 1.14 bits per heavy atom. The molecule has 37 heavy (non-hydrogen) atoms. The second-order valence-corrected chi connectivity index (χ2v) is 12.0. The fraction of sp³-hybridized carbons (Fsp3) is 0.444. The van der Waals surface area contributed by atoms with E-state index in [4.69, 9.17) is 11.2 Å². The fourth-order valence-corrected chi connectivity index (χ4v) is 7.47. The Kier molecular flexibility index (Phi) is 7.07. The molecule has 0 radical (unpaired) electrons. The van der Waals surface area contributed by atoms with Crippen molar-refractivity contribution in [3.63, 3.8) is 0 Å². The lowest BCUT2D eigenvalue weighted by Crippen LogP contribution is -2.60. The number of rotatable bonds is 7. The van der Waals surface area contributed by atoms with Crippen LogP contribution in [0.1, 0.15) is 47.6 Å². The molecule has 3 aliphatic heterocycles. The average molecular weight is 530 g/mol. The van der Waals surface area contributed by atoms with Crippen molar-refractivity contribution in [2.45, 2.75) is 55.1 Å². The number of halogens is 2. The van der Waals surface area contributed by atoms with E-state index in [0.29, 0.717) is 37.8 Å². The van der Waals surface area contributed by atoms with E-state index in [-0.39, 0.29) is 42.8 Å². The highest BCUT2D eigenvalue weighted by Gasteiger charge is 2.45. The highest BCUT2D eigenvalue weighted by atomic mass is 32.2. The number of nitrogens with zero attached hydrogens (tertiary/aromatic N) is 1. The maximum absolute atomic E-state index is 15.4.